The van der Waals surface area contributed by atoms with Crippen LogP contribution in [0.2, 0.25) is 0 Å². The fraction of sp³-hybridized carbons (Fsp3) is 0.565. The maximum absolute atomic E-state index is 13.0. The monoisotopic (exact) mass is 499 g/mol. The van der Waals surface area contributed by atoms with Crippen molar-refractivity contribution < 1.29 is 41.9 Å². The van der Waals surface area contributed by atoms with Crippen LogP contribution in [0.1, 0.15) is 53.6 Å². The highest BCUT2D eigenvalue weighted by atomic mass is 19.4. The largest absolute Gasteiger partial charge is 0.490 e. The molecule has 2 aliphatic heterocycles. The van der Waals surface area contributed by atoms with Crippen molar-refractivity contribution in [2.24, 2.45) is 0 Å². The maximum Gasteiger partial charge on any atom is 0.490 e. The number of nitrogens with zero attached hydrogens (tertiary/aromatic N) is 3. The minimum atomic E-state index is -5.08. The Bertz CT molecular complexity index is 1010. The Morgan fingerprint density at radius 1 is 1.29 bits per heavy atom. The molecule has 12 heteroatoms. The summed E-state index contributed by atoms with van der Waals surface area (Å²) in [6.45, 7) is 6.31. The van der Waals surface area contributed by atoms with Gasteiger partial charge in [-0.2, -0.15) is 13.2 Å². The molecule has 1 atom stereocenters. The van der Waals surface area contributed by atoms with Crippen LogP contribution in [-0.2, 0) is 27.3 Å². The van der Waals surface area contributed by atoms with E-state index in [9.17, 15) is 18.0 Å². The lowest BCUT2D eigenvalue weighted by atomic mass is 9.84. The number of aliphatic carboxylic acids is 1. The molecule has 0 aliphatic carbocycles. The topological polar surface area (TPSA) is 115 Å². The summed E-state index contributed by atoms with van der Waals surface area (Å²) in [5.74, 6) is -2.07. The highest BCUT2D eigenvalue weighted by Gasteiger charge is 2.50. The van der Waals surface area contributed by atoms with Crippen LogP contribution in [0.3, 0.4) is 0 Å². The van der Waals surface area contributed by atoms with Crippen LogP contribution in [0.4, 0.5) is 13.2 Å². The molecule has 0 bridgehead atoms. The lowest BCUT2D eigenvalue weighted by Crippen LogP contribution is -2.67. The maximum atomic E-state index is 13.0. The van der Waals surface area contributed by atoms with Crippen molar-refractivity contribution in [2.45, 2.75) is 64.0 Å². The van der Waals surface area contributed by atoms with Crippen LogP contribution < -0.4 is 0 Å². The van der Waals surface area contributed by atoms with Crippen molar-refractivity contribution in [3.63, 3.8) is 0 Å². The van der Waals surface area contributed by atoms with Crippen LogP contribution in [0.25, 0.3) is 0 Å². The van der Waals surface area contributed by atoms with E-state index in [1.807, 2.05) is 24.0 Å². The van der Waals surface area contributed by atoms with Crippen molar-refractivity contribution in [1.29, 1.82) is 0 Å². The van der Waals surface area contributed by atoms with Gasteiger partial charge in [-0.1, -0.05) is 12.1 Å². The molecule has 0 saturated carbocycles. The Labute approximate surface area is 200 Å². The first kappa shape index (κ1) is 26.6. The molecule has 2 aromatic heterocycles. The number of carbonyl (C=O) groups is 2. The van der Waals surface area contributed by atoms with Crippen LogP contribution in [0.5, 0.6) is 0 Å². The predicted molar refractivity (Wildman–Crippen MR) is 116 cm³/mol. The van der Waals surface area contributed by atoms with Gasteiger partial charge in [-0.3, -0.25) is 9.78 Å². The van der Waals surface area contributed by atoms with E-state index in [1.54, 1.807) is 12.4 Å². The number of likely N-dealkylation sites (tertiary alicyclic amines) is 1. The lowest BCUT2D eigenvalue weighted by molar-refractivity contribution is -0.192. The Hall–Kier alpha value is -2.99. The fourth-order valence-electron chi connectivity index (χ4n) is 4.08. The van der Waals surface area contributed by atoms with Gasteiger partial charge >= 0.3 is 12.1 Å². The molecule has 9 nitrogen and oxygen atoms in total. The number of rotatable bonds is 6. The molecule has 0 radical (unpaired) electrons. The van der Waals surface area contributed by atoms with Gasteiger partial charge < -0.3 is 24.0 Å². The number of hydrogen-bond donors (Lipinski definition) is 1. The van der Waals surface area contributed by atoms with Gasteiger partial charge in [-0.25, -0.2) is 4.79 Å². The number of carboxylic acids is 1. The van der Waals surface area contributed by atoms with Gasteiger partial charge in [0.2, 0.25) is 0 Å². The Morgan fingerprint density at radius 3 is 2.54 bits per heavy atom. The second-order valence-corrected chi connectivity index (χ2v) is 8.59. The molecule has 1 amide bonds. The number of aromatic nitrogens is 2. The zero-order chi connectivity index (χ0) is 25.6. The zero-order valence-electron chi connectivity index (χ0n) is 19.5. The summed E-state index contributed by atoms with van der Waals surface area (Å²) < 4.78 is 49.3. The SMILES string of the molecule is CCCc1onc(C)c1C(=O)N1CC2(CC(OCc3ccncc3)CCO2)C1.O=C(O)C(F)(F)F. The first-order valence-electron chi connectivity index (χ1n) is 11.2. The van der Waals surface area contributed by atoms with Crippen LogP contribution >= 0.6 is 0 Å². The number of carbonyl (C=O) groups excluding carboxylic acids is 1. The van der Waals surface area contributed by atoms with E-state index >= 15 is 0 Å². The van der Waals surface area contributed by atoms with Crippen molar-refractivity contribution in [3.8, 4) is 0 Å². The summed E-state index contributed by atoms with van der Waals surface area (Å²) in [6.07, 6.45) is 1.95. The van der Waals surface area contributed by atoms with Crippen molar-refractivity contribution in [2.75, 3.05) is 19.7 Å². The molecular weight excluding hydrogens is 471 g/mol. The van der Waals surface area contributed by atoms with E-state index in [4.69, 9.17) is 23.9 Å². The molecule has 0 aromatic carbocycles. The number of halogens is 3. The smallest absolute Gasteiger partial charge is 0.475 e. The molecule has 4 rings (SSSR count). The number of alkyl halides is 3. The third-order valence-electron chi connectivity index (χ3n) is 5.79. The molecule has 1 spiro atoms. The molecular formula is C23H28F3N3O6. The average Bonchev–Trinajstić information content (AvgIpc) is 3.16. The van der Waals surface area contributed by atoms with Gasteiger partial charge in [-0.05, 0) is 37.5 Å². The van der Waals surface area contributed by atoms with Crippen molar-refractivity contribution in [3.05, 3.63) is 47.1 Å². The number of amides is 1. The third-order valence-corrected chi connectivity index (χ3v) is 5.79. The highest BCUT2D eigenvalue weighted by Crippen LogP contribution is 2.37. The fourth-order valence-corrected chi connectivity index (χ4v) is 4.08. The Balaban J connectivity index is 0.000000429. The minimum absolute atomic E-state index is 0.00347. The molecule has 4 heterocycles. The number of aryl methyl sites for hydroxylation is 2. The predicted octanol–water partition coefficient (Wildman–Crippen LogP) is 3.55. The van der Waals surface area contributed by atoms with E-state index in [-0.39, 0.29) is 17.6 Å². The van der Waals surface area contributed by atoms with Gasteiger partial charge in [0, 0.05) is 31.8 Å². The molecule has 2 aromatic rings. The van der Waals surface area contributed by atoms with Gasteiger partial charge in [-0.15, -0.1) is 0 Å². The van der Waals surface area contributed by atoms with Crippen LogP contribution in [0, 0.1) is 6.92 Å². The lowest BCUT2D eigenvalue weighted by Gasteiger charge is -2.53. The molecule has 2 saturated heterocycles. The first-order chi connectivity index (χ1) is 16.5. The summed E-state index contributed by atoms with van der Waals surface area (Å²) >= 11 is 0. The van der Waals surface area contributed by atoms with Gasteiger partial charge in [0.1, 0.15) is 16.9 Å². The Kier molecular flexibility index (Phi) is 8.49. The normalized spacial score (nSPS) is 19.0. The molecule has 2 fully saturated rings. The molecule has 1 N–H and O–H groups in total. The molecule has 192 valence electrons. The quantitative estimate of drug-likeness (QED) is 0.642. The van der Waals surface area contributed by atoms with Crippen LogP contribution in [-0.4, -0.2) is 69.6 Å². The van der Waals surface area contributed by atoms with Gasteiger partial charge in [0.25, 0.3) is 5.91 Å². The second-order valence-electron chi connectivity index (χ2n) is 8.59. The van der Waals surface area contributed by atoms with E-state index in [2.05, 4.69) is 17.1 Å². The van der Waals surface area contributed by atoms with E-state index in [0.29, 0.717) is 43.3 Å². The second kappa shape index (κ2) is 11.2. The highest BCUT2D eigenvalue weighted by molar-refractivity contribution is 5.96. The summed E-state index contributed by atoms with van der Waals surface area (Å²) in [5, 5.41) is 11.1. The number of pyridine rings is 1. The molecule has 1 unspecified atom stereocenters. The van der Waals surface area contributed by atoms with Gasteiger partial charge in [0.05, 0.1) is 31.5 Å². The summed E-state index contributed by atoms with van der Waals surface area (Å²) in [5.41, 5.74) is 2.12. The van der Waals surface area contributed by atoms with Gasteiger partial charge in [0.15, 0.2) is 0 Å². The summed E-state index contributed by atoms with van der Waals surface area (Å²) in [4.78, 5) is 27.7. The van der Waals surface area contributed by atoms with Crippen molar-refractivity contribution >= 4 is 11.9 Å². The third kappa shape index (κ3) is 6.79. The Morgan fingerprint density at radius 2 is 1.94 bits per heavy atom. The molecule has 35 heavy (non-hydrogen) atoms. The van der Waals surface area contributed by atoms with Crippen molar-refractivity contribution in [1.82, 2.24) is 15.0 Å². The number of ether oxygens (including phenoxy) is 2. The van der Waals surface area contributed by atoms with E-state index in [0.717, 1.165) is 31.2 Å². The first-order valence-corrected chi connectivity index (χ1v) is 11.2. The summed E-state index contributed by atoms with van der Waals surface area (Å²) in [6, 6.07) is 3.93. The standard InChI is InChI=1S/C21H27N3O4.C2HF3O2/c1-3-4-18-19(15(2)23-28-18)20(25)24-13-21(14-24)11-17(7-10-27-21)26-12-16-5-8-22-9-6-16;3-2(4,5)1(6)7/h5-6,8-9,17H,3-4,7,10-14H2,1-2H3;(H,6,7). The zero-order valence-corrected chi connectivity index (χ0v) is 19.5. The average molecular weight is 499 g/mol. The van der Waals surface area contributed by atoms with E-state index in [1.165, 1.54) is 0 Å². The summed E-state index contributed by atoms with van der Waals surface area (Å²) in [7, 11) is 0. The van der Waals surface area contributed by atoms with E-state index < -0.39 is 12.1 Å². The number of hydrogen-bond acceptors (Lipinski definition) is 7. The number of carboxylic acid groups (broad SMARTS) is 1. The minimum Gasteiger partial charge on any atom is -0.475 e. The molecule has 2 aliphatic rings. The van der Waals surface area contributed by atoms with Crippen LogP contribution in [0.15, 0.2) is 29.0 Å².